The highest BCUT2D eigenvalue weighted by Crippen LogP contribution is 2.45. The van der Waals surface area contributed by atoms with E-state index in [0.29, 0.717) is 52.2 Å². The van der Waals surface area contributed by atoms with Crippen LogP contribution in [0.15, 0.2) is 103 Å². The summed E-state index contributed by atoms with van der Waals surface area (Å²) in [5.74, 6) is 0.0738. The first-order valence-electron chi connectivity index (χ1n) is 13.7. The molecule has 5 aromatic rings. The van der Waals surface area contributed by atoms with Gasteiger partial charge in [-0.05, 0) is 72.6 Å². The summed E-state index contributed by atoms with van der Waals surface area (Å²) in [5.41, 5.74) is 2.68. The molecular weight excluding hydrogens is 564 g/mol. The van der Waals surface area contributed by atoms with Crippen molar-refractivity contribution in [3.63, 3.8) is 0 Å². The Morgan fingerprint density at radius 2 is 1.56 bits per heavy atom. The van der Waals surface area contributed by atoms with Gasteiger partial charge in [-0.3, -0.25) is 14.5 Å². The summed E-state index contributed by atoms with van der Waals surface area (Å²) in [6.07, 6.45) is 0. The number of thiazole rings is 1. The van der Waals surface area contributed by atoms with Gasteiger partial charge in [0.15, 0.2) is 5.13 Å². The number of rotatable bonds is 9. The molecule has 1 saturated heterocycles. The Bertz CT molecular complexity index is 1810. The zero-order valence-electron chi connectivity index (χ0n) is 23.5. The van der Waals surface area contributed by atoms with E-state index < -0.39 is 17.7 Å². The van der Waals surface area contributed by atoms with Gasteiger partial charge in [0.05, 0.1) is 35.5 Å². The van der Waals surface area contributed by atoms with E-state index in [4.69, 9.17) is 14.2 Å². The number of hydrogen-bond acceptors (Lipinski definition) is 8. The van der Waals surface area contributed by atoms with E-state index >= 15 is 0 Å². The third-order valence-electron chi connectivity index (χ3n) is 7.12. The lowest BCUT2D eigenvalue weighted by atomic mass is 9.95. The topological polar surface area (TPSA) is 98.2 Å². The molecule has 4 aromatic carbocycles. The molecule has 9 heteroatoms. The molecule has 1 amide bonds. The first kappa shape index (κ1) is 28.0. The summed E-state index contributed by atoms with van der Waals surface area (Å²) in [7, 11) is 1.58. The van der Waals surface area contributed by atoms with Crippen molar-refractivity contribution in [1.29, 1.82) is 0 Å². The highest BCUT2D eigenvalue weighted by atomic mass is 32.1. The molecule has 1 aliphatic heterocycles. The van der Waals surface area contributed by atoms with Gasteiger partial charge < -0.3 is 19.3 Å². The third-order valence-corrected chi connectivity index (χ3v) is 8.14. The van der Waals surface area contributed by atoms with Crippen LogP contribution in [0.25, 0.3) is 16.0 Å². The molecule has 1 fully saturated rings. The fourth-order valence-corrected chi connectivity index (χ4v) is 6.01. The van der Waals surface area contributed by atoms with Crippen molar-refractivity contribution in [2.75, 3.05) is 18.6 Å². The second kappa shape index (κ2) is 12.0. The Morgan fingerprint density at radius 1 is 0.884 bits per heavy atom. The summed E-state index contributed by atoms with van der Waals surface area (Å²) >= 11 is 1.27. The molecule has 43 heavy (non-hydrogen) atoms. The molecule has 1 aromatic heterocycles. The minimum Gasteiger partial charge on any atom is -0.507 e. The quantitative estimate of drug-likeness (QED) is 0.113. The van der Waals surface area contributed by atoms with Crippen LogP contribution < -0.4 is 19.1 Å². The van der Waals surface area contributed by atoms with Gasteiger partial charge in [-0.1, -0.05) is 53.8 Å². The molecule has 0 aliphatic carbocycles. The van der Waals surface area contributed by atoms with Crippen LogP contribution in [0.4, 0.5) is 5.13 Å². The number of ketones is 1. The van der Waals surface area contributed by atoms with Crippen LogP contribution in [0.2, 0.25) is 0 Å². The van der Waals surface area contributed by atoms with Gasteiger partial charge in [-0.25, -0.2) is 4.98 Å². The predicted molar refractivity (Wildman–Crippen MR) is 166 cm³/mol. The molecule has 1 aliphatic rings. The Hall–Kier alpha value is -5.15. The molecule has 0 bridgehead atoms. The van der Waals surface area contributed by atoms with Crippen LogP contribution in [0.5, 0.6) is 17.2 Å². The Morgan fingerprint density at radius 3 is 2.26 bits per heavy atom. The van der Waals surface area contributed by atoms with Crippen molar-refractivity contribution in [1.82, 2.24) is 4.98 Å². The van der Waals surface area contributed by atoms with Gasteiger partial charge in [0.1, 0.15) is 29.6 Å². The van der Waals surface area contributed by atoms with Crippen molar-refractivity contribution in [2.45, 2.75) is 19.6 Å². The molecular formula is C34H28N2O6S. The van der Waals surface area contributed by atoms with Crippen LogP contribution >= 0.6 is 11.3 Å². The maximum Gasteiger partial charge on any atom is 0.301 e. The van der Waals surface area contributed by atoms with Gasteiger partial charge in [0.2, 0.25) is 0 Å². The van der Waals surface area contributed by atoms with Crippen LogP contribution in [0.1, 0.15) is 29.7 Å². The molecule has 1 N–H and O–H groups in total. The normalized spacial score (nSPS) is 16.0. The number of carbonyl (C=O) groups excluding carboxylic acids is 2. The fourth-order valence-electron chi connectivity index (χ4n) is 4.99. The standard InChI is InChI=1S/C34H28N2O6S/c1-3-41-24-15-11-23(12-16-24)31(37)29-30(22-9-13-25(14-10-22)42-20-21-7-5-4-6-8-21)36(33(39)32(29)38)34-35-27-18-17-26(40-2)19-28(27)43-34/h4-19,30,37H,3,20H2,1-2H3. The van der Waals surface area contributed by atoms with Crippen LogP contribution in [0.3, 0.4) is 0 Å². The first-order chi connectivity index (χ1) is 21.0. The van der Waals surface area contributed by atoms with Crippen molar-refractivity contribution in [2.24, 2.45) is 0 Å². The summed E-state index contributed by atoms with van der Waals surface area (Å²) in [4.78, 5) is 33.3. The van der Waals surface area contributed by atoms with Gasteiger partial charge in [0, 0.05) is 5.56 Å². The summed E-state index contributed by atoms with van der Waals surface area (Å²) in [5, 5.41) is 11.8. The van der Waals surface area contributed by atoms with E-state index in [1.807, 2.05) is 43.3 Å². The van der Waals surface area contributed by atoms with Gasteiger partial charge in [0.25, 0.3) is 5.78 Å². The molecule has 2 heterocycles. The number of methoxy groups -OCH3 is 1. The average molecular weight is 593 g/mol. The lowest BCUT2D eigenvalue weighted by Gasteiger charge is -2.23. The van der Waals surface area contributed by atoms with E-state index in [9.17, 15) is 14.7 Å². The number of benzene rings is 4. The zero-order chi connectivity index (χ0) is 29.9. The van der Waals surface area contributed by atoms with Crippen molar-refractivity contribution >= 4 is 44.1 Å². The van der Waals surface area contributed by atoms with E-state index in [1.54, 1.807) is 67.8 Å². The summed E-state index contributed by atoms with van der Waals surface area (Å²) in [6, 6.07) is 28.2. The predicted octanol–water partition coefficient (Wildman–Crippen LogP) is 6.91. The van der Waals surface area contributed by atoms with Crippen molar-refractivity contribution in [3.05, 3.63) is 119 Å². The minimum absolute atomic E-state index is 0.0241. The van der Waals surface area contributed by atoms with Gasteiger partial charge >= 0.3 is 5.91 Å². The molecule has 1 unspecified atom stereocenters. The van der Waals surface area contributed by atoms with E-state index in [2.05, 4.69) is 4.98 Å². The second-order valence-electron chi connectivity index (χ2n) is 9.80. The van der Waals surface area contributed by atoms with Crippen molar-refractivity contribution < 1.29 is 28.9 Å². The van der Waals surface area contributed by atoms with Crippen LogP contribution in [-0.4, -0.2) is 35.5 Å². The molecule has 6 rings (SSSR count). The highest BCUT2D eigenvalue weighted by Gasteiger charge is 2.48. The second-order valence-corrected chi connectivity index (χ2v) is 10.8. The van der Waals surface area contributed by atoms with Crippen LogP contribution in [-0.2, 0) is 16.2 Å². The molecule has 216 valence electrons. The monoisotopic (exact) mass is 592 g/mol. The number of aromatic nitrogens is 1. The van der Waals surface area contributed by atoms with Crippen molar-refractivity contribution in [3.8, 4) is 17.2 Å². The molecule has 8 nitrogen and oxygen atoms in total. The Labute approximate surface area is 252 Å². The third kappa shape index (κ3) is 5.54. The van der Waals surface area contributed by atoms with Crippen LogP contribution in [0, 0.1) is 0 Å². The number of ether oxygens (including phenoxy) is 3. The van der Waals surface area contributed by atoms with E-state index in [-0.39, 0.29) is 11.3 Å². The largest absolute Gasteiger partial charge is 0.507 e. The minimum atomic E-state index is -0.919. The first-order valence-corrected chi connectivity index (χ1v) is 14.5. The number of amides is 1. The SMILES string of the molecule is CCOc1ccc(C(O)=C2C(=O)C(=O)N(c3nc4ccc(OC)cc4s3)C2c2ccc(OCc3ccccc3)cc2)cc1. The Kier molecular flexibility index (Phi) is 7.81. The number of Topliss-reactive ketones (excluding diaryl/α,β-unsaturated/α-hetero) is 1. The van der Waals surface area contributed by atoms with E-state index in [0.717, 1.165) is 10.3 Å². The number of aliphatic hydroxyl groups is 1. The molecule has 0 radical (unpaired) electrons. The number of nitrogens with zero attached hydrogens (tertiary/aromatic N) is 2. The number of aliphatic hydroxyl groups excluding tert-OH is 1. The van der Waals surface area contributed by atoms with Gasteiger partial charge in [-0.2, -0.15) is 0 Å². The fraction of sp³-hybridized carbons (Fsp3) is 0.147. The maximum atomic E-state index is 13.6. The number of hydrogen-bond donors (Lipinski definition) is 1. The lowest BCUT2D eigenvalue weighted by molar-refractivity contribution is -0.132. The molecule has 1 atom stereocenters. The summed E-state index contributed by atoms with van der Waals surface area (Å²) < 4.78 is 17.6. The maximum absolute atomic E-state index is 13.6. The molecule has 0 saturated carbocycles. The van der Waals surface area contributed by atoms with E-state index in [1.165, 1.54) is 16.2 Å². The smallest absolute Gasteiger partial charge is 0.301 e. The lowest BCUT2D eigenvalue weighted by Crippen LogP contribution is -2.29. The highest BCUT2D eigenvalue weighted by molar-refractivity contribution is 7.22. The zero-order valence-corrected chi connectivity index (χ0v) is 24.3. The average Bonchev–Trinajstić information content (AvgIpc) is 3.58. The number of carbonyl (C=O) groups is 2. The molecule has 0 spiro atoms. The number of fused-ring (bicyclic) bond motifs is 1. The summed E-state index contributed by atoms with van der Waals surface area (Å²) in [6.45, 7) is 2.77. The Balaban J connectivity index is 1.42. The van der Waals surface area contributed by atoms with Gasteiger partial charge in [-0.15, -0.1) is 0 Å². The number of anilines is 1.